The quantitative estimate of drug-likeness (QED) is 0.849. The van der Waals surface area contributed by atoms with Gasteiger partial charge in [-0.25, -0.2) is 9.78 Å². The highest BCUT2D eigenvalue weighted by atomic mass is 16.6. The number of nitrogens with zero attached hydrogens (tertiary/aromatic N) is 3. The van der Waals surface area contributed by atoms with E-state index < -0.39 is 5.60 Å². The Balaban J connectivity index is 1.88. The van der Waals surface area contributed by atoms with Crippen LogP contribution >= 0.6 is 0 Å². The number of hydrogen-bond acceptors (Lipinski definition) is 6. The van der Waals surface area contributed by atoms with Gasteiger partial charge in [0, 0.05) is 13.1 Å². The molecule has 2 heterocycles. The highest BCUT2D eigenvalue weighted by Crippen LogP contribution is 2.23. The van der Waals surface area contributed by atoms with Gasteiger partial charge in [-0.2, -0.15) is 4.98 Å². The van der Waals surface area contributed by atoms with Crippen LogP contribution < -0.4 is 10.1 Å². The fraction of sp³-hybridized carbons (Fsp3) is 0.625. The van der Waals surface area contributed by atoms with Gasteiger partial charge in [0.15, 0.2) is 0 Å². The van der Waals surface area contributed by atoms with Crippen LogP contribution in [-0.2, 0) is 9.53 Å². The number of methoxy groups -OCH3 is 1. The van der Waals surface area contributed by atoms with Crippen molar-refractivity contribution < 1.29 is 19.1 Å². The van der Waals surface area contributed by atoms with E-state index in [2.05, 4.69) is 15.3 Å². The molecule has 8 heteroatoms. The van der Waals surface area contributed by atoms with Crippen LogP contribution in [0.15, 0.2) is 12.5 Å². The molecule has 132 valence electrons. The SMILES string of the molecule is COc1ncncc1NC(=O)N1CCC(C(=O)OC(C)(C)C)CC1. The zero-order valence-electron chi connectivity index (χ0n) is 14.5. The molecule has 0 unspecified atom stereocenters. The summed E-state index contributed by atoms with van der Waals surface area (Å²) in [6.07, 6.45) is 4.01. The van der Waals surface area contributed by atoms with Gasteiger partial charge >= 0.3 is 12.0 Å². The van der Waals surface area contributed by atoms with Crippen molar-refractivity contribution in [2.24, 2.45) is 5.92 Å². The van der Waals surface area contributed by atoms with Crippen LogP contribution in [-0.4, -0.2) is 52.7 Å². The van der Waals surface area contributed by atoms with Crippen LogP contribution in [0, 0.1) is 5.92 Å². The van der Waals surface area contributed by atoms with E-state index in [9.17, 15) is 9.59 Å². The highest BCUT2D eigenvalue weighted by molar-refractivity contribution is 5.90. The summed E-state index contributed by atoms with van der Waals surface area (Å²) in [7, 11) is 1.48. The maximum Gasteiger partial charge on any atom is 0.322 e. The lowest BCUT2D eigenvalue weighted by atomic mass is 9.97. The highest BCUT2D eigenvalue weighted by Gasteiger charge is 2.30. The van der Waals surface area contributed by atoms with Crippen molar-refractivity contribution in [2.75, 3.05) is 25.5 Å². The molecule has 1 fully saturated rings. The molecule has 0 aliphatic carbocycles. The summed E-state index contributed by atoms with van der Waals surface area (Å²) < 4.78 is 10.5. The van der Waals surface area contributed by atoms with Crippen molar-refractivity contribution >= 4 is 17.7 Å². The van der Waals surface area contributed by atoms with Gasteiger partial charge in [-0.15, -0.1) is 0 Å². The third-order valence-corrected chi connectivity index (χ3v) is 3.63. The van der Waals surface area contributed by atoms with E-state index in [1.807, 2.05) is 20.8 Å². The number of likely N-dealkylation sites (tertiary alicyclic amines) is 1. The molecule has 0 spiro atoms. The first-order valence-corrected chi connectivity index (χ1v) is 7.93. The summed E-state index contributed by atoms with van der Waals surface area (Å²) in [6, 6.07) is -0.259. The fourth-order valence-corrected chi connectivity index (χ4v) is 2.46. The first-order chi connectivity index (χ1) is 11.3. The number of ether oxygens (including phenoxy) is 2. The lowest BCUT2D eigenvalue weighted by molar-refractivity contribution is -0.161. The molecule has 0 saturated carbocycles. The Hall–Kier alpha value is -2.38. The molecule has 0 radical (unpaired) electrons. The molecule has 1 N–H and O–H groups in total. The Bertz CT molecular complexity index is 592. The zero-order chi connectivity index (χ0) is 17.7. The molecule has 0 aromatic carbocycles. The molecule has 0 atom stereocenters. The van der Waals surface area contributed by atoms with Gasteiger partial charge in [-0.05, 0) is 33.6 Å². The van der Waals surface area contributed by atoms with Crippen molar-refractivity contribution in [3.63, 3.8) is 0 Å². The van der Waals surface area contributed by atoms with E-state index in [0.717, 1.165) is 0 Å². The molecule has 1 aromatic rings. The summed E-state index contributed by atoms with van der Waals surface area (Å²) in [6.45, 7) is 6.53. The van der Waals surface area contributed by atoms with Crippen molar-refractivity contribution in [3.8, 4) is 5.88 Å². The Kier molecular flexibility index (Phi) is 5.58. The minimum absolute atomic E-state index is 0.164. The summed E-state index contributed by atoms with van der Waals surface area (Å²) in [5.74, 6) is -0.0504. The molecule has 1 saturated heterocycles. The van der Waals surface area contributed by atoms with E-state index >= 15 is 0 Å². The van der Waals surface area contributed by atoms with Crippen molar-refractivity contribution in [2.45, 2.75) is 39.2 Å². The van der Waals surface area contributed by atoms with Crippen molar-refractivity contribution in [3.05, 3.63) is 12.5 Å². The van der Waals surface area contributed by atoms with Gasteiger partial charge in [-0.1, -0.05) is 0 Å². The number of nitrogens with one attached hydrogen (secondary N) is 1. The number of carbonyl (C=O) groups excluding carboxylic acids is 2. The van der Waals surface area contributed by atoms with Gasteiger partial charge in [-0.3, -0.25) is 4.79 Å². The molecule has 1 aliphatic rings. The monoisotopic (exact) mass is 336 g/mol. The second-order valence-electron chi connectivity index (χ2n) is 6.67. The topological polar surface area (TPSA) is 93.7 Å². The van der Waals surface area contributed by atoms with Crippen LogP contribution in [0.1, 0.15) is 33.6 Å². The van der Waals surface area contributed by atoms with Gasteiger partial charge < -0.3 is 19.7 Å². The minimum atomic E-state index is -0.491. The molecular formula is C16H24N4O4. The normalized spacial score (nSPS) is 15.8. The zero-order valence-corrected chi connectivity index (χ0v) is 14.5. The lowest BCUT2D eigenvalue weighted by Gasteiger charge is -2.32. The predicted molar refractivity (Wildman–Crippen MR) is 87.7 cm³/mol. The van der Waals surface area contributed by atoms with E-state index in [4.69, 9.17) is 9.47 Å². The number of anilines is 1. The lowest BCUT2D eigenvalue weighted by Crippen LogP contribution is -2.43. The molecular weight excluding hydrogens is 312 g/mol. The maximum absolute atomic E-state index is 12.3. The van der Waals surface area contributed by atoms with Gasteiger partial charge in [0.05, 0.1) is 19.2 Å². The van der Waals surface area contributed by atoms with Crippen molar-refractivity contribution in [1.82, 2.24) is 14.9 Å². The van der Waals surface area contributed by atoms with Crippen LogP contribution in [0.2, 0.25) is 0 Å². The molecule has 1 aromatic heterocycles. The number of aromatic nitrogens is 2. The molecule has 2 rings (SSSR count). The molecule has 8 nitrogen and oxygen atoms in total. The molecule has 2 amide bonds. The number of hydrogen-bond donors (Lipinski definition) is 1. The largest absolute Gasteiger partial charge is 0.479 e. The summed E-state index contributed by atoms with van der Waals surface area (Å²) >= 11 is 0. The third-order valence-electron chi connectivity index (χ3n) is 3.63. The first-order valence-electron chi connectivity index (χ1n) is 7.93. The smallest absolute Gasteiger partial charge is 0.322 e. The predicted octanol–water partition coefficient (Wildman–Crippen LogP) is 2.07. The molecule has 0 bridgehead atoms. The number of rotatable bonds is 3. The average Bonchev–Trinajstić information content (AvgIpc) is 2.54. The van der Waals surface area contributed by atoms with Crippen molar-refractivity contribution in [1.29, 1.82) is 0 Å². The minimum Gasteiger partial charge on any atom is -0.479 e. The number of piperidine rings is 1. The first kappa shape index (κ1) is 18.0. The van der Waals surface area contributed by atoms with Gasteiger partial charge in [0.1, 0.15) is 17.6 Å². The second kappa shape index (κ2) is 7.46. The van der Waals surface area contributed by atoms with E-state index in [1.165, 1.54) is 19.6 Å². The number of urea groups is 1. The van der Waals surface area contributed by atoms with E-state index in [-0.39, 0.29) is 17.9 Å². The summed E-state index contributed by atoms with van der Waals surface area (Å²) in [4.78, 5) is 33.9. The van der Waals surface area contributed by atoms with Crippen LogP contribution in [0.25, 0.3) is 0 Å². The van der Waals surface area contributed by atoms with Crippen LogP contribution in [0.3, 0.4) is 0 Å². The van der Waals surface area contributed by atoms with Crippen LogP contribution in [0.4, 0.5) is 10.5 Å². The van der Waals surface area contributed by atoms with Crippen LogP contribution in [0.5, 0.6) is 5.88 Å². The standard InChI is InChI=1S/C16H24N4O4/c1-16(2,3)24-14(21)11-5-7-20(8-6-11)15(22)19-12-9-17-10-18-13(12)23-4/h9-11H,5-8H2,1-4H3,(H,19,22). The Labute approximate surface area is 141 Å². The van der Waals surface area contributed by atoms with E-state index in [0.29, 0.717) is 37.5 Å². The number of amides is 2. The Morgan fingerprint density at radius 2 is 1.96 bits per heavy atom. The third kappa shape index (κ3) is 4.81. The average molecular weight is 336 g/mol. The van der Waals surface area contributed by atoms with Gasteiger partial charge in [0.2, 0.25) is 5.88 Å². The molecule has 24 heavy (non-hydrogen) atoms. The summed E-state index contributed by atoms with van der Waals surface area (Å²) in [5, 5.41) is 2.73. The number of esters is 1. The Morgan fingerprint density at radius 3 is 2.54 bits per heavy atom. The fourth-order valence-electron chi connectivity index (χ4n) is 2.46. The number of carbonyl (C=O) groups is 2. The second-order valence-corrected chi connectivity index (χ2v) is 6.67. The van der Waals surface area contributed by atoms with E-state index in [1.54, 1.807) is 4.90 Å². The Morgan fingerprint density at radius 1 is 1.29 bits per heavy atom. The van der Waals surface area contributed by atoms with Gasteiger partial charge in [0.25, 0.3) is 0 Å². The molecule has 1 aliphatic heterocycles. The maximum atomic E-state index is 12.3. The summed E-state index contributed by atoms with van der Waals surface area (Å²) in [5.41, 5.74) is -0.0746.